The minimum Gasteiger partial charge on any atom is -0.397 e. The molecule has 40 heavy (non-hydrogen) atoms. The quantitative estimate of drug-likeness (QED) is 0.397. The number of rotatable bonds is 8. The van der Waals surface area contributed by atoms with E-state index in [0.717, 1.165) is 75.4 Å². The number of carbonyl (C=O) groups is 1. The van der Waals surface area contributed by atoms with Gasteiger partial charge in [0.15, 0.2) is 0 Å². The number of carbonyl (C=O) groups excluding carboxylic acids is 1. The number of pyridine rings is 1. The average Bonchev–Trinajstić information content (AvgIpc) is 2.98. The first kappa shape index (κ1) is 28.0. The summed E-state index contributed by atoms with van der Waals surface area (Å²) in [6.45, 7) is 4.61. The number of benzene rings is 1. The highest BCUT2D eigenvalue weighted by molar-refractivity contribution is 7.84. The molecule has 0 bridgehead atoms. The molecule has 2 aromatic heterocycles. The predicted octanol–water partition coefficient (Wildman–Crippen LogP) is 2.68. The Hall–Kier alpha value is -3.57. The summed E-state index contributed by atoms with van der Waals surface area (Å²) < 4.78 is 12.0. The van der Waals surface area contributed by atoms with Crippen LogP contribution in [0.15, 0.2) is 59.9 Å². The number of aromatic nitrogens is 3. The Kier molecular flexibility index (Phi) is 8.91. The van der Waals surface area contributed by atoms with E-state index in [-0.39, 0.29) is 23.8 Å². The molecule has 0 radical (unpaired) electrons. The fourth-order valence-electron chi connectivity index (χ4n) is 5.75. The molecular weight excluding hydrogens is 524 g/mol. The van der Waals surface area contributed by atoms with Gasteiger partial charge >= 0.3 is 0 Å². The second-order valence-corrected chi connectivity index (χ2v) is 12.1. The summed E-state index contributed by atoms with van der Waals surface area (Å²) in [5.41, 5.74) is 15.6. The number of nitrogens with two attached hydrogens (primary N) is 2. The molecule has 10 nitrogen and oxygen atoms in total. The van der Waals surface area contributed by atoms with Crippen LogP contribution in [0.25, 0.3) is 0 Å². The van der Waals surface area contributed by atoms with E-state index in [1.165, 1.54) is 0 Å². The predicted molar refractivity (Wildman–Crippen MR) is 158 cm³/mol. The van der Waals surface area contributed by atoms with E-state index < -0.39 is 10.8 Å². The van der Waals surface area contributed by atoms with Gasteiger partial charge in [0, 0.05) is 77.7 Å². The molecule has 0 saturated carbocycles. The van der Waals surface area contributed by atoms with Crippen LogP contribution in [-0.4, -0.2) is 73.3 Å². The summed E-state index contributed by atoms with van der Waals surface area (Å²) in [7, 11) is -1.10. The zero-order valence-corrected chi connectivity index (χ0v) is 23.8. The van der Waals surface area contributed by atoms with Crippen LogP contribution < -0.4 is 16.4 Å². The van der Waals surface area contributed by atoms with Crippen LogP contribution in [0.1, 0.15) is 36.9 Å². The van der Waals surface area contributed by atoms with E-state index in [4.69, 9.17) is 11.5 Å². The molecule has 2 fully saturated rings. The first-order chi connectivity index (χ1) is 19.4. The zero-order valence-electron chi connectivity index (χ0n) is 23.0. The van der Waals surface area contributed by atoms with Crippen LogP contribution in [0.2, 0.25) is 0 Å². The van der Waals surface area contributed by atoms with Gasteiger partial charge in [-0.05, 0) is 69.1 Å². The van der Waals surface area contributed by atoms with Crippen LogP contribution >= 0.6 is 0 Å². The van der Waals surface area contributed by atoms with Gasteiger partial charge in [0.05, 0.1) is 23.6 Å². The minimum absolute atomic E-state index is 0.0678. The van der Waals surface area contributed by atoms with Crippen LogP contribution in [0, 0.1) is 5.92 Å². The van der Waals surface area contributed by atoms with Crippen molar-refractivity contribution in [3.05, 3.63) is 66.2 Å². The molecule has 1 unspecified atom stereocenters. The summed E-state index contributed by atoms with van der Waals surface area (Å²) in [5, 5.41) is 0. The van der Waals surface area contributed by atoms with E-state index in [2.05, 4.69) is 29.7 Å². The van der Waals surface area contributed by atoms with Crippen molar-refractivity contribution in [3.63, 3.8) is 0 Å². The number of anilines is 3. The van der Waals surface area contributed by atoms with Gasteiger partial charge in [0.2, 0.25) is 11.9 Å². The van der Waals surface area contributed by atoms with Gasteiger partial charge in [-0.25, -0.2) is 9.97 Å². The standard InChI is InChI=1S/C29H38N8O2S/c1-40(39)25-5-6-27(26(30)16-25)37(20-23-4-2-3-11-32-23)24-9-14-36(15-10-24)28(38)22-7-12-35(13-8-22)19-21-17-33-29(31)34-18-21/h2-6,11,16-18,22,24H,7-10,12-15,19-20,30H2,1H3,(H2,31,33,34). The Morgan fingerprint density at radius 1 is 1.00 bits per heavy atom. The SMILES string of the molecule is CS(=O)c1ccc(N(Cc2ccccn2)C2CCN(C(=O)C3CCN(Cc4cnc(N)nc4)CC3)CC2)c(N)c1. The topological polar surface area (TPSA) is 135 Å². The summed E-state index contributed by atoms with van der Waals surface area (Å²) in [5.74, 6) is 0.630. The van der Waals surface area contributed by atoms with Crippen LogP contribution in [0.3, 0.4) is 0 Å². The van der Waals surface area contributed by atoms with Crippen molar-refractivity contribution in [2.45, 2.75) is 49.7 Å². The fourth-order valence-corrected chi connectivity index (χ4v) is 6.30. The molecule has 1 atom stereocenters. The number of nitrogens with zero attached hydrogens (tertiary/aromatic N) is 6. The monoisotopic (exact) mass is 562 g/mol. The van der Waals surface area contributed by atoms with Crippen molar-refractivity contribution < 1.29 is 9.00 Å². The molecular formula is C29H38N8O2S. The first-order valence-corrected chi connectivity index (χ1v) is 15.4. The van der Waals surface area contributed by atoms with Crippen molar-refractivity contribution in [1.29, 1.82) is 0 Å². The maximum atomic E-state index is 13.4. The molecule has 2 saturated heterocycles. The molecule has 2 aliphatic heterocycles. The van der Waals surface area contributed by atoms with Crippen LogP contribution in [-0.2, 0) is 28.7 Å². The van der Waals surface area contributed by atoms with E-state index in [1.807, 2.05) is 36.4 Å². The first-order valence-electron chi connectivity index (χ1n) is 13.8. The smallest absolute Gasteiger partial charge is 0.225 e. The molecule has 4 N–H and O–H groups in total. The van der Waals surface area contributed by atoms with Gasteiger partial charge in [-0.1, -0.05) is 6.07 Å². The second kappa shape index (κ2) is 12.7. The Morgan fingerprint density at radius 3 is 2.35 bits per heavy atom. The van der Waals surface area contributed by atoms with Crippen LogP contribution in [0.5, 0.6) is 0 Å². The van der Waals surface area contributed by atoms with E-state index >= 15 is 0 Å². The van der Waals surface area contributed by atoms with Gasteiger partial charge in [-0.3, -0.25) is 18.9 Å². The van der Waals surface area contributed by atoms with Crippen molar-refractivity contribution in [2.75, 3.05) is 48.8 Å². The Bertz CT molecular complexity index is 1310. The maximum Gasteiger partial charge on any atom is 0.225 e. The van der Waals surface area contributed by atoms with Gasteiger partial charge in [0.25, 0.3) is 0 Å². The van der Waals surface area contributed by atoms with E-state index in [1.54, 1.807) is 24.8 Å². The highest BCUT2D eigenvalue weighted by Gasteiger charge is 2.33. The van der Waals surface area contributed by atoms with Crippen molar-refractivity contribution in [1.82, 2.24) is 24.8 Å². The molecule has 0 aliphatic carbocycles. The third-order valence-electron chi connectivity index (χ3n) is 7.98. The lowest BCUT2D eigenvalue weighted by Gasteiger charge is -2.41. The normalized spacial score (nSPS) is 18.0. The molecule has 212 valence electrons. The summed E-state index contributed by atoms with van der Waals surface area (Å²) in [4.78, 5) is 33.6. The Balaban J connectivity index is 1.19. The highest BCUT2D eigenvalue weighted by atomic mass is 32.2. The molecule has 5 rings (SSSR count). The number of nitrogen functional groups attached to an aromatic ring is 2. The maximum absolute atomic E-state index is 13.4. The lowest BCUT2D eigenvalue weighted by molar-refractivity contribution is -0.138. The number of amides is 1. The summed E-state index contributed by atoms with van der Waals surface area (Å²) in [6.07, 6.45) is 10.4. The molecule has 2 aliphatic rings. The van der Waals surface area contributed by atoms with E-state index in [9.17, 15) is 9.00 Å². The third kappa shape index (κ3) is 6.76. The summed E-state index contributed by atoms with van der Waals surface area (Å²) in [6, 6.07) is 11.8. The fraction of sp³-hybridized carbons (Fsp3) is 0.448. The molecule has 11 heteroatoms. The number of likely N-dealkylation sites (tertiary alicyclic amines) is 2. The molecule has 4 heterocycles. The largest absolute Gasteiger partial charge is 0.397 e. The molecule has 3 aromatic rings. The average molecular weight is 563 g/mol. The van der Waals surface area contributed by atoms with Crippen molar-refractivity contribution >= 4 is 34.0 Å². The Labute approximate surface area is 238 Å². The second-order valence-electron chi connectivity index (χ2n) is 10.7. The van der Waals surface area contributed by atoms with Crippen molar-refractivity contribution in [3.8, 4) is 0 Å². The zero-order chi connectivity index (χ0) is 28.1. The van der Waals surface area contributed by atoms with Gasteiger partial charge in [-0.2, -0.15) is 0 Å². The lowest BCUT2D eigenvalue weighted by atomic mass is 9.93. The summed E-state index contributed by atoms with van der Waals surface area (Å²) >= 11 is 0. The minimum atomic E-state index is -1.10. The van der Waals surface area contributed by atoms with Gasteiger partial charge < -0.3 is 21.3 Å². The van der Waals surface area contributed by atoms with Crippen molar-refractivity contribution in [2.24, 2.45) is 5.92 Å². The highest BCUT2D eigenvalue weighted by Crippen LogP contribution is 2.32. The molecule has 0 spiro atoms. The Morgan fingerprint density at radius 2 is 1.73 bits per heavy atom. The number of hydrogen-bond acceptors (Lipinski definition) is 9. The van der Waals surface area contributed by atoms with Crippen LogP contribution in [0.4, 0.5) is 17.3 Å². The van der Waals surface area contributed by atoms with E-state index in [0.29, 0.717) is 17.1 Å². The van der Waals surface area contributed by atoms with Gasteiger partial charge in [-0.15, -0.1) is 0 Å². The molecule has 1 aromatic carbocycles. The number of piperidine rings is 2. The number of hydrogen-bond donors (Lipinski definition) is 2. The third-order valence-corrected chi connectivity index (χ3v) is 8.90. The lowest BCUT2D eigenvalue weighted by Crippen LogP contribution is -2.49. The van der Waals surface area contributed by atoms with Gasteiger partial charge in [0.1, 0.15) is 0 Å². The molecule has 1 amide bonds.